The topological polar surface area (TPSA) is 50.2 Å². The van der Waals surface area contributed by atoms with E-state index in [-0.39, 0.29) is 5.56 Å². The number of anilines is 1. The van der Waals surface area contributed by atoms with Crippen LogP contribution in [0.25, 0.3) is 33.0 Å². The van der Waals surface area contributed by atoms with Crippen molar-refractivity contribution in [2.24, 2.45) is 7.05 Å². The molecule has 1 saturated heterocycles. The number of nitrogens with zero attached hydrogens (tertiary/aromatic N) is 3. The zero-order valence-electron chi connectivity index (χ0n) is 20.2. The minimum atomic E-state index is 0.0297. The van der Waals surface area contributed by atoms with Gasteiger partial charge >= 0.3 is 0 Å². The number of benzene rings is 2. The Kier molecular flexibility index (Phi) is 6.20. The molecule has 174 valence electrons. The van der Waals surface area contributed by atoms with E-state index in [0.29, 0.717) is 12.1 Å². The Morgan fingerprint density at radius 1 is 1.00 bits per heavy atom. The lowest BCUT2D eigenvalue weighted by Gasteiger charge is -2.30. The number of hydrogen-bond donors (Lipinski definition) is 1. The van der Waals surface area contributed by atoms with Gasteiger partial charge in [0.15, 0.2) is 0 Å². The van der Waals surface area contributed by atoms with E-state index in [1.807, 2.05) is 35.9 Å². The van der Waals surface area contributed by atoms with Crippen molar-refractivity contribution in [3.05, 3.63) is 83.4 Å². The van der Waals surface area contributed by atoms with Crippen molar-refractivity contribution in [1.29, 1.82) is 0 Å². The molecule has 1 fully saturated rings. The van der Waals surface area contributed by atoms with Crippen LogP contribution in [0.4, 0.5) is 5.82 Å². The second-order valence-corrected chi connectivity index (χ2v) is 9.51. The number of hydrogen-bond acceptors (Lipinski definition) is 4. The van der Waals surface area contributed by atoms with Crippen LogP contribution in [0.2, 0.25) is 0 Å². The van der Waals surface area contributed by atoms with E-state index in [1.54, 1.807) is 12.4 Å². The van der Waals surface area contributed by atoms with Crippen LogP contribution in [0.5, 0.6) is 0 Å². The molecule has 1 atom stereocenters. The summed E-state index contributed by atoms with van der Waals surface area (Å²) in [5, 5.41) is 5.88. The second-order valence-electron chi connectivity index (χ2n) is 9.51. The molecule has 0 aliphatic carbocycles. The van der Waals surface area contributed by atoms with Crippen molar-refractivity contribution in [3.8, 4) is 22.3 Å². The van der Waals surface area contributed by atoms with Crippen molar-refractivity contribution >= 4 is 16.6 Å². The molecule has 0 saturated carbocycles. The fraction of sp³-hybridized carbons (Fsp3) is 0.310. The normalized spacial score (nSPS) is 16.0. The molecule has 0 spiro atoms. The molecule has 3 heterocycles. The fourth-order valence-corrected chi connectivity index (χ4v) is 5.06. The van der Waals surface area contributed by atoms with Crippen molar-refractivity contribution in [3.63, 3.8) is 0 Å². The Balaban J connectivity index is 1.68. The van der Waals surface area contributed by atoms with Gasteiger partial charge in [0.1, 0.15) is 5.82 Å². The van der Waals surface area contributed by atoms with Gasteiger partial charge in [0.25, 0.3) is 5.56 Å². The quantitative estimate of drug-likeness (QED) is 0.435. The molecule has 1 aliphatic heterocycles. The van der Waals surface area contributed by atoms with E-state index < -0.39 is 0 Å². The maximum absolute atomic E-state index is 14.0. The molecule has 0 amide bonds. The average molecular weight is 453 g/mol. The summed E-state index contributed by atoms with van der Waals surface area (Å²) in [5.41, 5.74) is 3.67. The number of pyridine rings is 2. The molecule has 5 nitrogen and oxygen atoms in total. The Labute approximate surface area is 201 Å². The van der Waals surface area contributed by atoms with E-state index >= 15 is 0 Å². The first kappa shape index (κ1) is 22.4. The van der Waals surface area contributed by atoms with Crippen LogP contribution in [0.15, 0.2) is 77.9 Å². The Bertz CT molecular complexity index is 1360. The van der Waals surface area contributed by atoms with Crippen molar-refractivity contribution in [2.75, 3.05) is 18.0 Å². The zero-order valence-corrected chi connectivity index (χ0v) is 20.2. The average Bonchev–Trinajstić information content (AvgIpc) is 3.33. The predicted molar refractivity (Wildman–Crippen MR) is 141 cm³/mol. The van der Waals surface area contributed by atoms with Crippen LogP contribution in [0.3, 0.4) is 0 Å². The van der Waals surface area contributed by atoms with Crippen molar-refractivity contribution in [1.82, 2.24) is 14.9 Å². The highest BCUT2D eigenvalue weighted by Gasteiger charge is 2.28. The Hall–Kier alpha value is -3.44. The zero-order chi connectivity index (χ0) is 23.7. The summed E-state index contributed by atoms with van der Waals surface area (Å²) < 4.78 is 1.84. The fourth-order valence-electron chi connectivity index (χ4n) is 5.06. The summed E-state index contributed by atoms with van der Waals surface area (Å²) in [6.45, 7) is 6.23. The van der Waals surface area contributed by atoms with E-state index in [1.165, 1.54) is 5.39 Å². The lowest BCUT2D eigenvalue weighted by atomic mass is 9.94. The van der Waals surface area contributed by atoms with Gasteiger partial charge in [-0.3, -0.25) is 14.3 Å². The molecule has 5 rings (SSSR count). The van der Waals surface area contributed by atoms with Gasteiger partial charge in [0.05, 0.1) is 5.56 Å². The summed E-state index contributed by atoms with van der Waals surface area (Å²) in [4.78, 5) is 20.6. The molecule has 1 aliphatic rings. The largest absolute Gasteiger partial charge is 0.354 e. The highest BCUT2D eigenvalue weighted by molar-refractivity contribution is 5.91. The van der Waals surface area contributed by atoms with Crippen LogP contribution < -0.4 is 15.8 Å². The first-order valence-electron chi connectivity index (χ1n) is 12.2. The van der Waals surface area contributed by atoms with Crippen LogP contribution >= 0.6 is 0 Å². The van der Waals surface area contributed by atoms with E-state index in [0.717, 1.165) is 59.4 Å². The van der Waals surface area contributed by atoms with Gasteiger partial charge < -0.3 is 10.2 Å². The molecule has 0 unspecified atom stereocenters. The van der Waals surface area contributed by atoms with Gasteiger partial charge in [-0.25, -0.2) is 0 Å². The molecular weight excluding hydrogens is 420 g/mol. The lowest BCUT2D eigenvalue weighted by Crippen LogP contribution is -2.42. The van der Waals surface area contributed by atoms with Gasteiger partial charge in [-0.15, -0.1) is 0 Å². The molecule has 5 heteroatoms. The molecule has 4 aromatic rings. The smallest absolute Gasteiger partial charge is 0.260 e. The number of aromatic nitrogens is 2. The summed E-state index contributed by atoms with van der Waals surface area (Å²) in [7, 11) is 1.91. The minimum absolute atomic E-state index is 0.0297. The first-order chi connectivity index (χ1) is 16.5. The standard InChI is InChI=1S/C29H32N4O/c1-20(2)31-19-25-9-6-16-33(25)27-18-26(22-12-14-30-15-13-22)28(29(34)32(27)3)24-11-10-21-7-4-5-8-23(21)17-24/h4-5,7-8,10-15,17-18,20,25,31H,6,9,16,19H2,1-3H3/t25-/m1/s1. The van der Waals surface area contributed by atoms with Gasteiger partial charge in [-0.2, -0.15) is 0 Å². The summed E-state index contributed by atoms with van der Waals surface area (Å²) >= 11 is 0. The highest BCUT2D eigenvalue weighted by Crippen LogP contribution is 2.35. The lowest BCUT2D eigenvalue weighted by molar-refractivity contribution is 0.519. The molecule has 1 N–H and O–H groups in total. The molecule has 0 bridgehead atoms. The third kappa shape index (κ3) is 4.24. The number of fused-ring (bicyclic) bond motifs is 1. The maximum Gasteiger partial charge on any atom is 0.260 e. The minimum Gasteiger partial charge on any atom is -0.354 e. The molecular formula is C29H32N4O. The number of nitrogens with one attached hydrogen (secondary N) is 1. The highest BCUT2D eigenvalue weighted by atomic mass is 16.1. The van der Waals surface area contributed by atoms with Crippen LogP contribution in [0, 0.1) is 0 Å². The summed E-state index contributed by atoms with van der Waals surface area (Å²) in [6, 6.07) is 21.6. The third-order valence-corrected chi connectivity index (χ3v) is 6.87. The molecule has 34 heavy (non-hydrogen) atoms. The maximum atomic E-state index is 14.0. The van der Waals surface area contributed by atoms with E-state index in [9.17, 15) is 4.79 Å². The third-order valence-electron chi connectivity index (χ3n) is 6.87. The summed E-state index contributed by atoms with van der Waals surface area (Å²) in [6.07, 6.45) is 5.85. The number of rotatable bonds is 6. The van der Waals surface area contributed by atoms with Crippen LogP contribution in [0.1, 0.15) is 26.7 Å². The van der Waals surface area contributed by atoms with E-state index in [2.05, 4.69) is 65.4 Å². The van der Waals surface area contributed by atoms with Crippen LogP contribution in [-0.2, 0) is 7.05 Å². The van der Waals surface area contributed by atoms with Crippen molar-refractivity contribution in [2.45, 2.75) is 38.8 Å². The summed E-state index contributed by atoms with van der Waals surface area (Å²) in [5.74, 6) is 0.981. The Morgan fingerprint density at radius 2 is 1.76 bits per heavy atom. The second kappa shape index (κ2) is 9.43. The monoisotopic (exact) mass is 452 g/mol. The predicted octanol–water partition coefficient (Wildman–Crippen LogP) is 5.23. The van der Waals surface area contributed by atoms with Gasteiger partial charge in [0, 0.05) is 44.6 Å². The van der Waals surface area contributed by atoms with E-state index in [4.69, 9.17) is 0 Å². The Morgan fingerprint density at radius 3 is 2.53 bits per heavy atom. The first-order valence-corrected chi connectivity index (χ1v) is 12.2. The SMILES string of the molecule is CC(C)NC[C@H]1CCCN1c1cc(-c2ccncc2)c(-c2ccc3ccccc3c2)c(=O)n1C. The van der Waals surface area contributed by atoms with Gasteiger partial charge in [-0.1, -0.05) is 50.2 Å². The van der Waals surface area contributed by atoms with Gasteiger partial charge in [0.2, 0.25) is 0 Å². The van der Waals surface area contributed by atoms with Gasteiger partial charge in [-0.05, 0) is 64.6 Å². The molecule has 0 radical (unpaired) electrons. The molecule has 2 aromatic carbocycles. The van der Waals surface area contributed by atoms with Crippen LogP contribution in [-0.4, -0.2) is 34.7 Å². The van der Waals surface area contributed by atoms with Crippen molar-refractivity contribution < 1.29 is 0 Å². The molecule has 2 aromatic heterocycles.